The van der Waals surface area contributed by atoms with E-state index in [0.717, 1.165) is 93.9 Å². The Morgan fingerprint density at radius 2 is 0.679 bits per heavy atom. The monoisotopic (exact) mass is 717 g/mol. The molecule has 5 nitrogen and oxygen atoms in total. The third-order valence-corrected chi connectivity index (χ3v) is 10.5. The van der Waals surface area contributed by atoms with Gasteiger partial charge in [0.25, 0.3) is 0 Å². The molecule has 0 N–H and O–H groups in total. The van der Waals surface area contributed by atoms with Gasteiger partial charge in [0.15, 0.2) is 17.5 Å². The highest BCUT2D eigenvalue weighted by molar-refractivity contribution is 6.11. The van der Waals surface area contributed by atoms with Gasteiger partial charge in [-0.05, 0) is 52.6 Å². The van der Waals surface area contributed by atoms with Gasteiger partial charge in [-0.15, -0.1) is 0 Å². The minimum atomic E-state index is 0.563. The highest BCUT2D eigenvalue weighted by Gasteiger charge is 2.20. The molecule has 11 rings (SSSR count). The maximum absolute atomic E-state index is 6.59. The average Bonchev–Trinajstić information content (AvgIpc) is 3.85. The van der Waals surface area contributed by atoms with Crippen molar-refractivity contribution in [3.63, 3.8) is 0 Å². The first kappa shape index (κ1) is 31.9. The molecule has 262 valence electrons. The normalized spacial score (nSPS) is 11.6. The van der Waals surface area contributed by atoms with Crippen molar-refractivity contribution >= 4 is 43.9 Å². The van der Waals surface area contributed by atoms with Gasteiger partial charge in [-0.25, -0.2) is 15.0 Å². The van der Waals surface area contributed by atoms with Crippen LogP contribution in [0, 0.1) is 0 Å². The lowest BCUT2D eigenvalue weighted by Gasteiger charge is -2.14. The zero-order chi connectivity index (χ0) is 37.0. The van der Waals surface area contributed by atoms with Crippen molar-refractivity contribution in [2.75, 3.05) is 0 Å². The molecule has 0 atom stereocenters. The number of furan rings is 2. The van der Waals surface area contributed by atoms with E-state index in [-0.39, 0.29) is 0 Å². The number of aromatic nitrogens is 3. The zero-order valence-corrected chi connectivity index (χ0v) is 30.1. The lowest BCUT2D eigenvalue weighted by atomic mass is 9.94. The van der Waals surface area contributed by atoms with Gasteiger partial charge in [0.1, 0.15) is 22.3 Å². The predicted octanol–water partition coefficient (Wildman–Crippen LogP) is 13.7. The molecule has 3 heterocycles. The highest BCUT2D eigenvalue weighted by Crippen LogP contribution is 2.42. The molecule has 0 fully saturated rings. The van der Waals surface area contributed by atoms with Gasteiger partial charge in [-0.2, -0.15) is 0 Å². The highest BCUT2D eigenvalue weighted by atomic mass is 16.3. The summed E-state index contributed by atoms with van der Waals surface area (Å²) >= 11 is 0. The second-order valence-corrected chi connectivity index (χ2v) is 13.9. The topological polar surface area (TPSA) is 65.0 Å². The van der Waals surface area contributed by atoms with Gasteiger partial charge in [-0.3, -0.25) is 0 Å². The molecule has 0 aliphatic carbocycles. The average molecular weight is 718 g/mol. The fraction of sp³-hybridized carbons (Fsp3) is 0. The summed E-state index contributed by atoms with van der Waals surface area (Å²) in [6, 6.07) is 64.4. The van der Waals surface area contributed by atoms with E-state index in [1.165, 1.54) is 0 Å². The summed E-state index contributed by atoms with van der Waals surface area (Å²) in [5.41, 5.74) is 12.1. The lowest BCUT2D eigenvalue weighted by molar-refractivity contribution is 0.670. The fourth-order valence-electron chi connectivity index (χ4n) is 7.91. The molecule has 0 unspecified atom stereocenters. The first-order valence-electron chi connectivity index (χ1n) is 18.7. The second-order valence-electron chi connectivity index (χ2n) is 13.9. The summed E-state index contributed by atoms with van der Waals surface area (Å²) < 4.78 is 13.2. The summed E-state index contributed by atoms with van der Waals surface area (Å²) in [6.45, 7) is 0. The van der Waals surface area contributed by atoms with Gasteiger partial charge in [0.2, 0.25) is 0 Å². The Balaban J connectivity index is 1.19. The summed E-state index contributed by atoms with van der Waals surface area (Å²) in [7, 11) is 0. The first-order valence-corrected chi connectivity index (χ1v) is 18.7. The number of hydrogen-bond acceptors (Lipinski definition) is 5. The van der Waals surface area contributed by atoms with E-state index in [9.17, 15) is 0 Å². The van der Waals surface area contributed by atoms with Crippen molar-refractivity contribution in [3.05, 3.63) is 188 Å². The summed E-state index contributed by atoms with van der Waals surface area (Å²) in [5, 5.41) is 4.30. The van der Waals surface area contributed by atoms with E-state index in [1.54, 1.807) is 0 Å². The van der Waals surface area contributed by atoms with E-state index in [0.29, 0.717) is 17.5 Å². The molecule has 0 spiro atoms. The van der Waals surface area contributed by atoms with Gasteiger partial charge in [-0.1, -0.05) is 158 Å². The van der Waals surface area contributed by atoms with Crippen LogP contribution in [0.15, 0.2) is 197 Å². The van der Waals surface area contributed by atoms with E-state index >= 15 is 0 Å². The van der Waals surface area contributed by atoms with Crippen LogP contribution in [0.2, 0.25) is 0 Å². The Morgan fingerprint density at radius 1 is 0.268 bits per heavy atom. The second kappa shape index (κ2) is 13.0. The number of para-hydroxylation sites is 4. The van der Waals surface area contributed by atoms with Crippen molar-refractivity contribution < 1.29 is 8.83 Å². The minimum absolute atomic E-state index is 0.563. The number of rotatable bonds is 6. The Hall–Kier alpha value is -7.63. The van der Waals surface area contributed by atoms with Crippen LogP contribution >= 0.6 is 0 Å². The maximum atomic E-state index is 6.59. The van der Waals surface area contributed by atoms with Crippen LogP contribution in [-0.4, -0.2) is 15.0 Å². The SMILES string of the molecule is c1ccc(-c2nc(-c3cc(-c4cccc5c4oc4ccccc45)cc(-c4cccc5c4oc4ccccc45)c3)nc(-c3ccccc3-c3ccccc3)n2)cc1. The molecule has 0 saturated carbocycles. The maximum Gasteiger partial charge on any atom is 0.164 e. The van der Waals surface area contributed by atoms with Crippen LogP contribution < -0.4 is 0 Å². The number of nitrogens with zero attached hydrogens (tertiary/aromatic N) is 3. The van der Waals surface area contributed by atoms with Gasteiger partial charge in [0.05, 0.1) is 0 Å². The van der Waals surface area contributed by atoms with Gasteiger partial charge < -0.3 is 8.83 Å². The molecule has 56 heavy (non-hydrogen) atoms. The Labute approximate surface area is 322 Å². The third-order valence-electron chi connectivity index (χ3n) is 10.5. The lowest BCUT2D eigenvalue weighted by Crippen LogP contribution is -2.01. The first-order chi connectivity index (χ1) is 27.7. The van der Waals surface area contributed by atoms with Crippen LogP contribution in [0.5, 0.6) is 0 Å². The van der Waals surface area contributed by atoms with Crippen LogP contribution in [0.3, 0.4) is 0 Å². The van der Waals surface area contributed by atoms with Crippen LogP contribution in [-0.2, 0) is 0 Å². The number of benzene rings is 8. The summed E-state index contributed by atoms with van der Waals surface area (Å²) in [6.07, 6.45) is 0. The third kappa shape index (κ3) is 5.37. The Kier molecular flexibility index (Phi) is 7.42. The van der Waals surface area contributed by atoms with Crippen molar-refractivity contribution in [1.82, 2.24) is 15.0 Å². The fourth-order valence-corrected chi connectivity index (χ4v) is 7.91. The predicted molar refractivity (Wildman–Crippen MR) is 227 cm³/mol. The smallest absolute Gasteiger partial charge is 0.164 e. The zero-order valence-electron chi connectivity index (χ0n) is 30.1. The van der Waals surface area contributed by atoms with Crippen LogP contribution in [0.1, 0.15) is 0 Å². The molecule has 0 aliphatic rings. The molecule has 0 radical (unpaired) electrons. The molecule has 3 aromatic heterocycles. The molecule has 0 amide bonds. The van der Waals surface area contributed by atoms with Crippen LogP contribution in [0.4, 0.5) is 0 Å². The number of fused-ring (bicyclic) bond motifs is 6. The quantitative estimate of drug-likeness (QED) is 0.171. The van der Waals surface area contributed by atoms with Crippen molar-refractivity contribution in [2.24, 2.45) is 0 Å². The van der Waals surface area contributed by atoms with E-state index in [1.807, 2.05) is 66.7 Å². The molecule has 5 heteroatoms. The summed E-state index contributed by atoms with van der Waals surface area (Å²) in [5.74, 6) is 1.76. The molecular formula is C51H31N3O2. The Morgan fingerprint density at radius 3 is 1.27 bits per heavy atom. The minimum Gasteiger partial charge on any atom is -0.455 e. The Bertz CT molecular complexity index is 3120. The molecule has 0 aliphatic heterocycles. The standard InChI is InChI=1S/C51H31N3O2/c1-3-15-32(16-4-1)37-19-7-8-22-44(37)51-53-49(33-17-5-2-6-18-33)52-50(54-51)36-30-34(38-23-13-25-42-40-20-9-11-27-45(40)55-47(38)42)29-35(31-36)39-24-14-26-43-41-21-10-12-28-46(41)56-48(39)43/h1-31H. The largest absolute Gasteiger partial charge is 0.455 e. The van der Waals surface area contributed by atoms with E-state index < -0.39 is 0 Å². The molecule has 11 aromatic rings. The van der Waals surface area contributed by atoms with Gasteiger partial charge in [0, 0.05) is 49.4 Å². The number of hydrogen-bond donors (Lipinski definition) is 0. The van der Waals surface area contributed by atoms with Crippen molar-refractivity contribution in [1.29, 1.82) is 0 Å². The van der Waals surface area contributed by atoms with Gasteiger partial charge >= 0.3 is 0 Å². The van der Waals surface area contributed by atoms with E-state index in [2.05, 4.69) is 121 Å². The van der Waals surface area contributed by atoms with E-state index in [4.69, 9.17) is 23.8 Å². The molecule has 8 aromatic carbocycles. The van der Waals surface area contributed by atoms with Crippen LogP contribution in [0.25, 0.3) is 111 Å². The molecule has 0 saturated heterocycles. The van der Waals surface area contributed by atoms with Crippen molar-refractivity contribution in [3.8, 4) is 67.5 Å². The van der Waals surface area contributed by atoms with Crippen molar-refractivity contribution in [2.45, 2.75) is 0 Å². The summed E-state index contributed by atoms with van der Waals surface area (Å²) in [4.78, 5) is 15.6. The molecular weight excluding hydrogens is 687 g/mol. The molecule has 0 bridgehead atoms.